The van der Waals surface area contributed by atoms with Gasteiger partial charge in [-0.25, -0.2) is 0 Å². The van der Waals surface area contributed by atoms with Crippen LogP contribution in [0.4, 0.5) is 0 Å². The molecule has 2 bridgehead atoms. The number of amides is 2. The molecule has 2 saturated heterocycles. The molecule has 6 nitrogen and oxygen atoms in total. The van der Waals surface area contributed by atoms with Crippen LogP contribution in [-0.2, 0) is 4.79 Å². The Morgan fingerprint density at radius 1 is 1.22 bits per heavy atom. The van der Waals surface area contributed by atoms with Crippen molar-refractivity contribution in [3.8, 4) is 0 Å². The summed E-state index contributed by atoms with van der Waals surface area (Å²) in [5, 5.41) is 6.53. The molecule has 2 atom stereocenters. The van der Waals surface area contributed by atoms with Crippen molar-refractivity contribution in [2.75, 3.05) is 13.1 Å². The molecule has 0 saturated carbocycles. The summed E-state index contributed by atoms with van der Waals surface area (Å²) in [6.45, 7) is 7.14. The second-order valence-electron chi connectivity index (χ2n) is 8.79. The number of nitrogens with one attached hydrogen (secondary N) is 2. The average molecular weight is 393 g/mol. The number of fused-ring (bicyclic) bond motifs is 2. The third-order valence-corrected chi connectivity index (χ3v) is 5.55. The van der Waals surface area contributed by atoms with E-state index >= 15 is 0 Å². The Hall–Kier alpha value is -1.66. The predicted molar refractivity (Wildman–Crippen MR) is 106 cm³/mol. The Morgan fingerprint density at radius 2 is 1.89 bits per heavy atom. The van der Waals surface area contributed by atoms with Crippen molar-refractivity contribution in [3.63, 3.8) is 0 Å². The SMILES string of the molecule is CC(C)(C)NC(=O)CN1C2CCC1CC(CNC(=O)c1cncc(Cl)c1)C2. The van der Waals surface area contributed by atoms with Crippen LogP contribution in [-0.4, -0.2) is 52.4 Å². The topological polar surface area (TPSA) is 74.3 Å². The fraction of sp³-hybridized carbons (Fsp3) is 0.650. The molecule has 148 valence electrons. The Bertz CT molecular complexity index is 689. The number of halogens is 1. The van der Waals surface area contributed by atoms with Gasteiger partial charge < -0.3 is 10.6 Å². The minimum atomic E-state index is -0.200. The lowest BCUT2D eigenvalue weighted by molar-refractivity contribution is -0.125. The van der Waals surface area contributed by atoms with Gasteiger partial charge >= 0.3 is 0 Å². The number of hydrogen-bond donors (Lipinski definition) is 2. The quantitative estimate of drug-likeness (QED) is 0.807. The summed E-state index contributed by atoms with van der Waals surface area (Å²) < 4.78 is 0. The maximum absolute atomic E-state index is 12.3. The molecule has 27 heavy (non-hydrogen) atoms. The first-order valence-electron chi connectivity index (χ1n) is 9.67. The monoisotopic (exact) mass is 392 g/mol. The number of piperidine rings is 1. The van der Waals surface area contributed by atoms with Gasteiger partial charge in [-0.2, -0.15) is 0 Å². The van der Waals surface area contributed by atoms with Crippen molar-refractivity contribution in [1.29, 1.82) is 0 Å². The molecule has 2 amide bonds. The van der Waals surface area contributed by atoms with E-state index in [1.54, 1.807) is 6.07 Å². The van der Waals surface area contributed by atoms with Crippen molar-refractivity contribution in [1.82, 2.24) is 20.5 Å². The summed E-state index contributed by atoms with van der Waals surface area (Å²) >= 11 is 5.90. The third kappa shape index (κ3) is 5.42. The molecule has 0 aromatic carbocycles. The molecule has 2 fully saturated rings. The molecule has 2 unspecified atom stereocenters. The van der Waals surface area contributed by atoms with E-state index in [1.807, 2.05) is 20.8 Å². The summed E-state index contributed by atoms with van der Waals surface area (Å²) in [4.78, 5) is 30.9. The van der Waals surface area contributed by atoms with Gasteiger partial charge in [-0.3, -0.25) is 19.5 Å². The molecule has 7 heteroatoms. The number of carbonyl (C=O) groups excluding carboxylic acids is 2. The Balaban J connectivity index is 1.50. The number of nitrogens with zero attached hydrogens (tertiary/aromatic N) is 2. The van der Waals surface area contributed by atoms with Crippen LogP contribution in [0, 0.1) is 5.92 Å². The van der Waals surface area contributed by atoms with Crippen LogP contribution >= 0.6 is 11.6 Å². The standard InChI is InChI=1S/C20H29ClN4O2/c1-20(2,3)24-18(26)12-25-16-4-5-17(25)7-13(6-16)9-23-19(27)14-8-15(21)11-22-10-14/h8,10-11,13,16-17H,4-7,9,12H2,1-3H3,(H,23,27)(H,24,26). The van der Waals surface area contributed by atoms with Gasteiger partial charge in [0, 0.05) is 36.6 Å². The fourth-order valence-electron chi connectivity index (χ4n) is 4.31. The van der Waals surface area contributed by atoms with Crippen LogP contribution < -0.4 is 10.6 Å². The summed E-state index contributed by atoms with van der Waals surface area (Å²) in [6.07, 6.45) is 7.36. The van der Waals surface area contributed by atoms with Gasteiger partial charge in [0.25, 0.3) is 5.91 Å². The minimum Gasteiger partial charge on any atom is -0.352 e. The normalized spacial score (nSPS) is 25.3. The molecule has 3 rings (SSSR count). The van der Waals surface area contributed by atoms with Gasteiger partial charge in [0.15, 0.2) is 0 Å². The molecule has 0 radical (unpaired) electrons. The molecular formula is C20H29ClN4O2. The van der Waals surface area contributed by atoms with Crippen LogP contribution in [0.3, 0.4) is 0 Å². The minimum absolute atomic E-state index is 0.0969. The first-order chi connectivity index (χ1) is 12.7. The molecule has 2 aliphatic rings. The van der Waals surface area contributed by atoms with Gasteiger partial charge in [-0.05, 0) is 58.4 Å². The zero-order chi connectivity index (χ0) is 19.6. The Labute approximate surface area is 166 Å². The van der Waals surface area contributed by atoms with E-state index in [0.717, 1.165) is 25.7 Å². The van der Waals surface area contributed by atoms with E-state index < -0.39 is 0 Å². The number of aromatic nitrogens is 1. The highest BCUT2D eigenvalue weighted by atomic mass is 35.5. The highest BCUT2D eigenvalue weighted by Gasteiger charge is 2.41. The van der Waals surface area contributed by atoms with Crippen molar-refractivity contribution in [2.24, 2.45) is 5.92 Å². The van der Waals surface area contributed by atoms with Gasteiger partial charge in [0.2, 0.25) is 5.91 Å². The van der Waals surface area contributed by atoms with Crippen molar-refractivity contribution >= 4 is 23.4 Å². The maximum atomic E-state index is 12.3. The number of carbonyl (C=O) groups is 2. The first-order valence-corrected chi connectivity index (χ1v) is 10.0. The highest BCUT2D eigenvalue weighted by molar-refractivity contribution is 6.30. The van der Waals surface area contributed by atoms with Gasteiger partial charge in [-0.1, -0.05) is 11.6 Å². The van der Waals surface area contributed by atoms with E-state index in [2.05, 4.69) is 20.5 Å². The second kappa shape index (κ2) is 8.15. The zero-order valence-corrected chi connectivity index (χ0v) is 17.1. The number of hydrogen-bond acceptors (Lipinski definition) is 4. The summed E-state index contributed by atoms with van der Waals surface area (Å²) in [5.41, 5.74) is 0.287. The summed E-state index contributed by atoms with van der Waals surface area (Å²) in [5.74, 6) is 0.407. The van der Waals surface area contributed by atoms with Crippen molar-refractivity contribution < 1.29 is 9.59 Å². The number of rotatable bonds is 5. The predicted octanol–water partition coefficient (Wildman–Crippen LogP) is 2.62. The molecule has 2 N–H and O–H groups in total. The van der Waals surface area contributed by atoms with Crippen molar-refractivity contribution in [2.45, 2.75) is 64.1 Å². The summed E-state index contributed by atoms with van der Waals surface area (Å²) in [6, 6.07) is 2.50. The highest BCUT2D eigenvalue weighted by Crippen LogP contribution is 2.38. The lowest BCUT2D eigenvalue weighted by Gasteiger charge is -2.39. The van der Waals surface area contributed by atoms with Gasteiger partial charge in [-0.15, -0.1) is 0 Å². The van der Waals surface area contributed by atoms with Gasteiger partial charge in [0.05, 0.1) is 17.1 Å². The molecule has 0 spiro atoms. The molecule has 1 aromatic heterocycles. The van der Waals surface area contributed by atoms with Crippen LogP contribution in [0.15, 0.2) is 18.5 Å². The van der Waals surface area contributed by atoms with E-state index in [-0.39, 0.29) is 17.4 Å². The van der Waals surface area contributed by atoms with Crippen LogP contribution in [0.2, 0.25) is 5.02 Å². The van der Waals surface area contributed by atoms with Crippen LogP contribution in [0.5, 0.6) is 0 Å². The Kier molecular flexibility index (Phi) is 6.06. The molecule has 0 aliphatic carbocycles. The number of pyridine rings is 1. The lowest BCUT2D eigenvalue weighted by atomic mass is 9.90. The molecular weight excluding hydrogens is 364 g/mol. The second-order valence-corrected chi connectivity index (χ2v) is 9.23. The first kappa shape index (κ1) is 20.1. The lowest BCUT2D eigenvalue weighted by Crippen LogP contribution is -2.52. The third-order valence-electron chi connectivity index (χ3n) is 5.34. The summed E-state index contributed by atoms with van der Waals surface area (Å²) in [7, 11) is 0. The van der Waals surface area contributed by atoms with Crippen LogP contribution in [0.1, 0.15) is 56.8 Å². The van der Waals surface area contributed by atoms with E-state index in [9.17, 15) is 9.59 Å². The van der Waals surface area contributed by atoms with E-state index in [1.165, 1.54) is 12.4 Å². The fourth-order valence-corrected chi connectivity index (χ4v) is 4.48. The smallest absolute Gasteiger partial charge is 0.252 e. The zero-order valence-electron chi connectivity index (χ0n) is 16.3. The van der Waals surface area contributed by atoms with Crippen molar-refractivity contribution in [3.05, 3.63) is 29.0 Å². The van der Waals surface area contributed by atoms with E-state index in [4.69, 9.17) is 11.6 Å². The van der Waals surface area contributed by atoms with Gasteiger partial charge in [0.1, 0.15) is 0 Å². The van der Waals surface area contributed by atoms with E-state index in [0.29, 0.717) is 41.7 Å². The molecule has 1 aromatic rings. The average Bonchev–Trinajstić information content (AvgIpc) is 2.80. The Morgan fingerprint density at radius 3 is 2.48 bits per heavy atom. The largest absolute Gasteiger partial charge is 0.352 e. The maximum Gasteiger partial charge on any atom is 0.252 e. The van der Waals surface area contributed by atoms with Crippen LogP contribution in [0.25, 0.3) is 0 Å². The molecule has 3 heterocycles. The molecule has 2 aliphatic heterocycles.